The Hall–Kier alpha value is -1.07. The van der Waals surface area contributed by atoms with Crippen LogP contribution in [0.1, 0.15) is 24.8 Å². The zero-order valence-electron chi connectivity index (χ0n) is 11.1. The predicted octanol–water partition coefficient (Wildman–Crippen LogP) is 2.16. The molecule has 0 aliphatic carbocycles. The van der Waals surface area contributed by atoms with Gasteiger partial charge in [-0.3, -0.25) is 4.79 Å². The molecule has 0 fully saturated rings. The number of amides is 1. The number of nitrogens with one attached hydrogen (secondary N) is 1. The maximum atomic E-state index is 13.1. The summed E-state index contributed by atoms with van der Waals surface area (Å²) in [5.74, 6) is 0.955. The number of rotatable bonds is 8. The molecule has 0 bridgehead atoms. The second-order valence-corrected chi connectivity index (χ2v) is 5.48. The second kappa shape index (κ2) is 8.93. The van der Waals surface area contributed by atoms with Crippen LogP contribution in [-0.4, -0.2) is 35.7 Å². The molecule has 0 saturated heterocycles. The molecule has 3 nitrogen and oxygen atoms in total. The molecule has 1 aromatic rings. The number of hydrogen-bond acceptors (Lipinski definition) is 3. The van der Waals surface area contributed by atoms with Gasteiger partial charge in [-0.05, 0) is 36.8 Å². The van der Waals surface area contributed by atoms with Gasteiger partial charge in [0.25, 0.3) is 0 Å². The van der Waals surface area contributed by atoms with Gasteiger partial charge in [0, 0.05) is 18.9 Å². The van der Waals surface area contributed by atoms with Gasteiger partial charge in [0.2, 0.25) is 5.91 Å². The van der Waals surface area contributed by atoms with Gasteiger partial charge in [0.05, 0.1) is 5.92 Å². The third kappa shape index (κ3) is 6.07. The summed E-state index contributed by atoms with van der Waals surface area (Å²) < 4.78 is 13.1. The van der Waals surface area contributed by atoms with E-state index in [1.807, 2.05) is 0 Å². The van der Waals surface area contributed by atoms with Crippen molar-refractivity contribution >= 4 is 17.7 Å². The smallest absolute Gasteiger partial charge is 0.227 e. The minimum Gasteiger partial charge on any atom is -0.396 e. The standard InChI is InChI=1S/C14H20FNO2S/c1-11(12-4-2-5-13(15)10-12)14(18)16-6-9-19-8-3-7-17/h2,4-5,10-11,17H,3,6-9H2,1H3,(H,16,18). The summed E-state index contributed by atoms with van der Waals surface area (Å²) in [5.41, 5.74) is 0.686. The van der Waals surface area contributed by atoms with E-state index in [2.05, 4.69) is 5.32 Å². The summed E-state index contributed by atoms with van der Waals surface area (Å²) in [7, 11) is 0. The Morgan fingerprint density at radius 3 is 2.95 bits per heavy atom. The van der Waals surface area contributed by atoms with E-state index in [1.54, 1.807) is 30.8 Å². The van der Waals surface area contributed by atoms with Crippen LogP contribution in [0.3, 0.4) is 0 Å². The minimum atomic E-state index is -0.349. The molecule has 1 unspecified atom stereocenters. The highest BCUT2D eigenvalue weighted by Crippen LogP contribution is 2.16. The fourth-order valence-corrected chi connectivity index (χ4v) is 2.38. The van der Waals surface area contributed by atoms with Gasteiger partial charge >= 0.3 is 0 Å². The van der Waals surface area contributed by atoms with Crippen LogP contribution in [0.4, 0.5) is 4.39 Å². The molecule has 0 saturated carbocycles. The first-order valence-electron chi connectivity index (χ1n) is 6.37. The minimum absolute atomic E-state index is 0.0895. The van der Waals surface area contributed by atoms with E-state index in [0.717, 1.165) is 17.9 Å². The first-order chi connectivity index (χ1) is 9.15. The first-order valence-corrected chi connectivity index (χ1v) is 7.52. The van der Waals surface area contributed by atoms with E-state index in [9.17, 15) is 9.18 Å². The average Bonchev–Trinajstić information content (AvgIpc) is 2.41. The lowest BCUT2D eigenvalue weighted by molar-refractivity contribution is -0.122. The third-order valence-corrected chi connectivity index (χ3v) is 3.80. The predicted molar refractivity (Wildman–Crippen MR) is 76.9 cm³/mol. The summed E-state index contributed by atoms with van der Waals surface area (Å²) >= 11 is 1.70. The van der Waals surface area contributed by atoms with Gasteiger partial charge in [-0.15, -0.1) is 0 Å². The fourth-order valence-electron chi connectivity index (χ4n) is 1.60. The maximum Gasteiger partial charge on any atom is 0.227 e. The van der Waals surface area contributed by atoms with Crippen LogP contribution in [0, 0.1) is 5.82 Å². The number of aliphatic hydroxyl groups excluding tert-OH is 1. The molecule has 1 rings (SSSR count). The fraction of sp³-hybridized carbons (Fsp3) is 0.500. The van der Waals surface area contributed by atoms with Crippen LogP contribution in [0.15, 0.2) is 24.3 Å². The van der Waals surface area contributed by atoms with Gasteiger partial charge in [-0.1, -0.05) is 12.1 Å². The van der Waals surface area contributed by atoms with Crippen LogP contribution >= 0.6 is 11.8 Å². The highest BCUT2D eigenvalue weighted by Gasteiger charge is 2.14. The zero-order valence-corrected chi connectivity index (χ0v) is 11.9. The van der Waals surface area contributed by atoms with E-state index in [-0.39, 0.29) is 24.2 Å². The highest BCUT2D eigenvalue weighted by molar-refractivity contribution is 7.99. The molecule has 0 aliphatic rings. The monoisotopic (exact) mass is 285 g/mol. The lowest BCUT2D eigenvalue weighted by Gasteiger charge is -2.12. The molecule has 0 aliphatic heterocycles. The van der Waals surface area contributed by atoms with E-state index in [1.165, 1.54) is 12.1 Å². The number of aliphatic hydroxyl groups is 1. The number of carbonyl (C=O) groups is 1. The van der Waals surface area contributed by atoms with Crippen LogP contribution in [-0.2, 0) is 4.79 Å². The maximum absolute atomic E-state index is 13.1. The highest BCUT2D eigenvalue weighted by atomic mass is 32.2. The van der Waals surface area contributed by atoms with Crippen molar-refractivity contribution in [1.82, 2.24) is 5.32 Å². The van der Waals surface area contributed by atoms with Gasteiger partial charge in [0.15, 0.2) is 0 Å². The van der Waals surface area contributed by atoms with Crippen molar-refractivity contribution in [2.75, 3.05) is 24.7 Å². The summed E-state index contributed by atoms with van der Waals surface area (Å²) in [6.07, 6.45) is 0.776. The van der Waals surface area contributed by atoms with E-state index in [0.29, 0.717) is 12.1 Å². The quantitative estimate of drug-likeness (QED) is 0.720. The van der Waals surface area contributed by atoms with Crippen molar-refractivity contribution in [2.45, 2.75) is 19.3 Å². The van der Waals surface area contributed by atoms with Crippen LogP contribution in [0.2, 0.25) is 0 Å². The Balaban J connectivity index is 2.29. The van der Waals surface area contributed by atoms with E-state index in [4.69, 9.17) is 5.11 Å². The number of hydrogen-bond donors (Lipinski definition) is 2. The van der Waals surface area contributed by atoms with E-state index >= 15 is 0 Å². The van der Waals surface area contributed by atoms with Crippen LogP contribution in [0.5, 0.6) is 0 Å². The molecular formula is C14H20FNO2S. The molecule has 1 amide bonds. The molecule has 0 heterocycles. The zero-order chi connectivity index (χ0) is 14.1. The lowest BCUT2D eigenvalue weighted by Crippen LogP contribution is -2.30. The molecule has 5 heteroatoms. The van der Waals surface area contributed by atoms with Crippen molar-refractivity contribution in [3.8, 4) is 0 Å². The van der Waals surface area contributed by atoms with Crippen molar-refractivity contribution in [3.05, 3.63) is 35.6 Å². The summed E-state index contributed by atoms with van der Waals surface area (Å²) in [6.45, 7) is 2.56. The normalized spacial score (nSPS) is 12.2. The molecule has 19 heavy (non-hydrogen) atoms. The molecular weight excluding hydrogens is 265 g/mol. The Bertz CT molecular complexity index is 401. The third-order valence-electron chi connectivity index (χ3n) is 2.73. The number of carbonyl (C=O) groups excluding carboxylic acids is 1. The largest absolute Gasteiger partial charge is 0.396 e. The summed E-state index contributed by atoms with van der Waals surface area (Å²) in [4.78, 5) is 11.9. The van der Waals surface area contributed by atoms with Crippen molar-refractivity contribution < 1.29 is 14.3 Å². The summed E-state index contributed by atoms with van der Waals surface area (Å²) in [6, 6.07) is 6.12. The second-order valence-electron chi connectivity index (χ2n) is 4.26. The Kier molecular flexibility index (Phi) is 7.52. The SMILES string of the molecule is CC(C(=O)NCCSCCCO)c1cccc(F)c1. The number of thioether (sulfide) groups is 1. The van der Waals surface area contributed by atoms with Crippen LogP contribution < -0.4 is 5.32 Å². The molecule has 2 N–H and O–H groups in total. The van der Waals surface area contributed by atoms with Gasteiger partial charge in [-0.2, -0.15) is 11.8 Å². The first kappa shape index (κ1) is 16.0. The van der Waals surface area contributed by atoms with Crippen molar-refractivity contribution in [1.29, 1.82) is 0 Å². The van der Waals surface area contributed by atoms with Gasteiger partial charge < -0.3 is 10.4 Å². The molecule has 1 atom stereocenters. The number of benzene rings is 1. The Morgan fingerprint density at radius 1 is 1.47 bits per heavy atom. The van der Waals surface area contributed by atoms with E-state index < -0.39 is 0 Å². The molecule has 1 aromatic carbocycles. The van der Waals surface area contributed by atoms with Gasteiger partial charge in [-0.25, -0.2) is 4.39 Å². The van der Waals surface area contributed by atoms with Crippen LogP contribution in [0.25, 0.3) is 0 Å². The summed E-state index contributed by atoms with van der Waals surface area (Å²) in [5, 5.41) is 11.5. The molecule has 0 spiro atoms. The molecule has 0 aromatic heterocycles. The topological polar surface area (TPSA) is 49.3 Å². The Labute approximate surface area is 117 Å². The molecule has 0 radical (unpaired) electrons. The average molecular weight is 285 g/mol. The van der Waals surface area contributed by atoms with Gasteiger partial charge in [0.1, 0.15) is 5.82 Å². The molecule has 106 valence electrons. The van der Waals surface area contributed by atoms with Crippen molar-refractivity contribution in [2.24, 2.45) is 0 Å². The Morgan fingerprint density at radius 2 is 2.26 bits per heavy atom. The van der Waals surface area contributed by atoms with Crippen molar-refractivity contribution in [3.63, 3.8) is 0 Å². The number of halogens is 1. The lowest BCUT2D eigenvalue weighted by atomic mass is 10.0.